The Balaban J connectivity index is 2.56. The minimum Gasteiger partial charge on any atom is -0.383 e. The van der Waals surface area contributed by atoms with Gasteiger partial charge >= 0.3 is 0 Å². The lowest BCUT2D eigenvalue weighted by Crippen LogP contribution is -2.03. The van der Waals surface area contributed by atoms with Crippen molar-refractivity contribution in [1.82, 2.24) is 15.0 Å². The van der Waals surface area contributed by atoms with Crippen LogP contribution in [0.4, 0.5) is 5.82 Å². The van der Waals surface area contributed by atoms with Gasteiger partial charge in [0.25, 0.3) is 0 Å². The molecule has 2 rings (SSSR count). The number of pyridine rings is 1. The van der Waals surface area contributed by atoms with Crippen molar-refractivity contribution in [2.45, 2.75) is 26.7 Å². The molecule has 2 N–H and O–H groups in total. The molecule has 0 saturated carbocycles. The summed E-state index contributed by atoms with van der Waals surface area (Å²) >= 11 is 3.44. The molecule has 0 aromatic carbocycles. The van der Waals surface area contributed by atoms with Gasteiger partial charge in [0, 0.05) is 18.0 Å². The molecule has 0 saturated heterocycles. The number of halogens is 1. The number of nitrogens with two attached hydrogens (primary N) is 1. The van der Waals surface area contributed by atoms with Crippen LogP contribution in [0.25, 0.3) is 11.4 Å². The normalized spacial score (nSPS) is 10.6. The summed E-state index contributed by atoms with van der Waals surface area (Å²) in [6, 6.07) is 1.94. The molecule has 0 unspecified atom stereocenters. The Morgan fingerprint density at radius 2 is 2.11 bits per heavy atom. The van der Waals surface area contributed by atoms with Crippen molar-refractivity contribution in [2.75, 3.05) is 5.73 Å². The second-order valence-electron chi connectivity index (χ2n) is 4.13. The maximum atomic E-state index is 5.92. The lowest BCUT2D eigenvalue weighted by molar-refractivity contribution is 0.869. The van der Waals surface area contributed by atoms with E-state index in [9.17, 15) is 0 Å². The molecule has 0 spiro atoms. The van der Waals surface area contributed by atoms with Crippen LogP contribution in [0.1, 0.15) is 24.6 Å². The van der Waals surface area contributed by atoms with Crippen LogP contribution in [0, 0.1) is 6.92 Å². The fourth-order valence-electron chi connectivity index (χ4n) is 1.73. The molecule has 0 radical (unpaired) electrons. The minimum atomic E-state index is 0.478. The van der Waals surface area contributed by atoms with Gasteiger partial charge in [-0.05, 0) is 40.9 Å². The van der Waals surface area contributed by atoms with E-state index in [0.29, 0.717) is 11.6 Å². The Morgan fingerprint density at radius 1 is 1.33 bits per heavy atom. The van der Waals surface area contributed by atoms with Crippen molar-refractivity contribution in [3.8, 4) is 11.4 Å². The van der Waals surface area contributed by atoms with E-state index in [2.05, 4.69) is 37.8 Å². The summed E-state index contributed by atoms with van der Waals surface area (Å²) in [4.78, 5) is 13.0. The van der Waals surface area contributed by atoms with E-state index in [1.165, 1.54) is 0 Å². The van der Waals surface area contributed by atoms with E-state index in [4.69, 9.17) is 5.73 Å². The zero-order valence-corrected chi connectivity index (χ0v) is 12.0. The monoisotopic (exact) mass is 306 g/mol. The number of aromatic nitrogens is 3. The van der Waals surface area contributed by atoms with Gasteiger partial charge in [-0.25, -0.2) is 9.97 Å². The van der Waals surface area contributed by atoms with Crippen molar-refractivity contribution in [3.05, 3.63) is 34.2 Å². The fourth-order valence-corrected chi connectivity index (χ4v) is 2.11. The van der Waals surface area contributed by atoms with Crippen LogP contribution < -0.4 is 5.73 Å². The quantitative estimate of drug-likeness (QED) is 0.946. The highest BCUT2D eigenvalue weighted by molar-refractivity contribution is 9.10. The summed E-state index contributed by atoms with van der Waals surface area (Å²) in [7, 11) is 0. The molecule has 0 aliphatic rings. The van der Waals surface area contributed by atoms with E-state index in [1.807, 2.05) is 13.0 Å². The summed E-state index contributed by atoms with van der Waals surface area (Å²) in [5.41, 5.74) is 8.89. The van der Waals surface area contributed by atoms with Crippen molar-refractivity contribution >= 4 is 21.7 Å². The van der Waals surface area contributed by atoms with Crippen LogP contribution in [0.5, 0.6) is 0 Å². The second-order valence-corrected chi connectivity index (χ2v) is 4.93. The highest BCUT2D eigenvalue weighted by Gasteiger charge is 2.12. The lowest BCUT2D eigenvalue weighted by Gasteiger charge is -2.09. The average molecular weight is 307 g/mol. The average Bonchev–Trinajstić information content (AvgIpc) is 2.35. The molecule has 0 fully saturated rings. The third-order valence-corrected chi connectivity index (χ3v) is 3.58. The first-order valence-electron chi connectivity index (χ1n) is 5.86. The van der Waals surface area contributed by atoms with Crippen molar-refractivity contribution in [2.24, 2.45) is 0 Å². The highest BCUT2D eigenvalue weighted by atomic mass is 79.9. The molecule has 2 heterocycles. The third-order valence-electron chi connectivity index (χ3n) is 2.71. The summed E-state index contributed by atoms with van der Waals surface area (Å²) < 4.78 is 0.801. The molecule has 0 amide bonds. The Morgan fingerprint density at radius 3 is 2.78 bits per heavy atom. The molecule has 2 aromatic heterocycles. The van der Waals surface area contributed by atoms with Gasteiger partial charge in [-0.1, -0.05) is 13.3 Å². The molecule has 4 nitrogen and oxygen atoms in total. The van der Waals surface area contributed by atoms with Crippen LogP contribution in [0.2, 0.25) is 0 Å². The van der Waals surface area contributed by atoms with Crippen LogP contribution in [0.3, 0.4) is 0 Å². The third kappa shape index (κ3) is 2.51. The Hall–Kier alpha value is -1.49. The van der Waals surface area contributed by atoms with Crippen LogP contribution in [-0.2, 0) is 6.42 Å². The van der Waals surface area contributed by atoms with Gasteiger partial charge in [-0.3, -0.25) is 4.98 Å². The Bertz CT molecular complexity index is 569. The predicted molar refractivity (Wildman–Crippen MR) is 76.1 cm³/mol. The van der Waals surface area contributed by atoms with E-state index in [1.54, 1.807) is 12.4 Å². The second kappa shape index (κ2) is 5.44. The molecule has 0 aliphatic carbocycles. The zero-order valence-electron chi connectivity index (χ0n) is 10.4. The molecule has 18 heavy (non-hydrogen) atoms. The van der Waals surface area contributed by atoms with Gasteiger partial charge in [0.2, 0.25) is 0 Å². The van der Waals surface area contributed by atoms with Gasteiger partial charge in [0.05, 0.1) is 10.2 Å². The molecular formula is C13H15BrN4. The molecule has 5 heteroatoms. The molecule has 94 valence electrons. The highest BCUT2D eigenvalue weighted by Crippen LogP contribution is 2.26. The first-order chi connectivity index (χ1) is 8.63. The number of rotatable bonds is 3. The summed E-state index contributed by atoms with van der Waals surface area (Å²) in [5, 5.41) is 0. The maximum Gasteiger partial charge on any atom is 0.163 e. The first-order valence-corrected chi connectivity index (χ1v) is 6.65. The molecule has 0 atom stereocenters. The largest absolute Gasteiger partial charge is 0.383 e. The van der Waals surface area contributed by atoms with Gasteiger partial charge in [0.15, 0.2) is 5.82 Å². The lowest BCUT2D eigenvalue weighted by atomic mass is 10.1. The fraction of sp³-hybridized carbons (Fsp3) is 0.308. The van der Waals surface area contributed by atoms with Crippen LogP contribution in [0.15, 0.2) is 22.9 Å². The summed E-state index contributed by atoms with van der Waals surface area (Å²) in [5.74, 6) is 1.12. The number of aryl methyl sites for hydroxylation is 2. The molecule has 0 aliphatic heterocycles. The number of nitrogens with zero attached hydrogens (tertiary/aromatic N) is 3. The number of nitrogen functional groups attached to an aromatic ring is 1. The van der Waals surface area contributed by atoms with E-state index in [0.717, 1.165) is 34.1 Å². The summed E-state index contributed by atoms with van der Waals surface area (Å²) in [6.45, 7) is 4.12. The molecule has 2 aromatic rings. The van der Waals surface area contributed by atoms with Gasteiger partial charge in [-0.2, -0.15) is 0 Å². The van der Waals surface area contributed by atoms with E-state index < -0.39 is 0 Å². The van der Waals surface area contributed by atoms with Gasteiger partial charge in [0.1, 0.15) is 5.82 Å². The first kappa shape index (κ1) is 13.0. The SMILES string of the molecule is CCCc1nc(-c2cnccc2C)nc(N)c1Br. The van der Waals surface area contributed by atoms with E-state index in [-0.39, 0.29) is 0 Å². The summed E-state index contributed by atoms with van der Waals surface area (Å²) in [6.07, 6.45) is 5.42. The topological polar surface area (TPSA) is 64.7 Å². The van der Waals surface area contributed by atoms with Crippen molar-refractivity contribution < 1.29 is 0 Å². The van der Waals surface area contributed by atoms with Crippen LogP contribution in [-0.4, -0.2) is 15.0 Å². The number of anilines is 1. The van der Waals surface area contributed by atoms with E-state index >= 15 is 0 Å². The van der Waals surface area contributed by atoms with Crippen molar-refractivity contribution in [1.29, 1.82) is 0 Å². The Labute approximate surface area is 115 Å². The van der Waals surface area contributed by atoms with Crippen LogP contribution >= 0.6 is 15.9 Å². The molecular weight excluding hydrogens is 292 g/mol. The van der Waals surface area contributed by atoms with Gasteiger partial charge < -0.3 is 5.73 Å². The zero-order chi connectivity index (χ0) is 13.1. The number of hydrogen-bond donors (Lipinski definition) is 1. The maximum absolute atomic E-state index is 5.92. The molecule has 0 bridgehead atoms. The smallest absolute Gasteiger partial charge is 0.163 e. The Kier molecular flexibility index (Phi) is 3.91. The number of hydrogen-bond acceptors (Lipinski definition) is 4. The minimum absolute atomic E-state index is 0.478. The standard InChI is InChI=1S/C13H15BrN4/c1-3-4-10-11(14)12(15)18-13(17-10)9-7-16-6-5-8(9)2/h5-7H,3-4H2,1-2H3,(H2,15,17,18). The van der Waals surface area contributed by atoms with Gasteiger partial charge in [-0.15, -0.1) is 0 Å². The predicted octanol–water partition coefficient (Wildman–Crippen LogP) is 3.14. The van der Waals surface area contributed by atoms with Crippen molar-refractivity contribution in [3.63, 3.8) is 0 Å².